The molecule has 1 N–H and O–H groups in total. The SMILES string of the molecule is CCOCCCNC(=O)Cc1ccc(Br)s1. The van der Waals surface area contributed by atoms with Crippen molar-refractivity contribution in [3.8, 4) is 0 Å². The summed E-state index contributed by atoms with van der Waals surface area (Å²) in [4.78, 5) is 12.6. The standard InChI is InChI=1S/C11H16BrNO2S/c1-2-15-7-3-6-13-11(14)8-9-4-5-10(12)16-9/h4-5H,2-3,6-8H2,1H3,(H,13,14). The summed E-state index contributed by atoms with van der Waals surface area (Å²) in [5.41, 5.74) is 0. The molecule has 1 rings (SSSR count). The molecule has 0 radical (unpaired) electrons. The molecule has 0 aliphatic heterocycles. The highest BCUT2D eigenvalue weighted by Gasteiger charge is 2.04. The second kappa shape index (κ2) is 7.81. The lowest BCUT2D eigenvalue weighted by Gasteiger charge is -2.04. The molecule has 90 valence electrons. The molecule has 1 amide bonds. The van der Waals surface area contributed by atoms with E-state index in [-0.39, 0.29) is 5.91 Å². The Morgan fingerprint density at radius 1 is 1.56 bits per heavy atom. The van der Waals surface area contributed by atoms with Gasteiger partial charge in [-0.2, -0.15) is 0 Å². The number of carbonyl (C=O) groups excluding carboxylic acids is 1. The molecule has 0 aliphatic rings. The Labute approximate surface area is 108 Å². The van der Waals surface area contributed by atoms with E-state index in [9.17, 15) is 4.79 Å². The van der Waals surface area contributed by atoms with Crippen LogP contribution in [0.15, 0.2) is 15.9 Å². The molecule has 0 bridgehead atoms. The molecule has 16 heavy (non-hydrogen) atoms. The lowest BCUT2D eigenvalue weighted by Crippen LogP contribution is -2.26. The van der Waals surface area contributed by atoms with Gasteiger partial charge in [-0.1, -0.05) is 0 Å². The third-order valence-electron chi connectivity index (χ3n) is 1.96. The fourth-order valence-electron chi connectivity index (χ4n) is 1.21. The predicted molar refractivity (Wildman–Crippen MR) is 69.8 cm³/mol. The Balaban J connectivity index is 2.11. The number of nitrogens with one attached hydrogen (secondary N) is 1. The Morgan fingerprint density at radius 2 is 2.38 bits per heavy atom. The van der Waals surface area contributed by atoms with E-state index in [0.29, 0.717) is 19.6 Å². The van der Waals surface area contributed by atoms with Crippen molar-refractivity contribution in [1.82, 2.24) is 5.32 Å². The maximum absolute atomic E-state index is 11.5. The minimum Gasteiger partial charge on any atom is -0.382 e. The van der Waals surface area contributed by atoms with E-state index in [1.54, 1.807) is 11.3 Å². The number of hydrogen-bond acceptors (Lipinski definition) is 3. The van der Waals surface area contributed by atoms with Gasteiger partial charge in [0.05, 0.1) is 10.2 Å². The number of rotatable bonds is 7. The molecular formula is C11H16BrNO2S. The zero-order valence-corrected chi connectivity index (χ0v) is 11.7. The first-order valence-electron chi connectivity index (χ1n) is 5.31. The van der Waals surface area contributed by atoms with Gasteiger partial charge in [-0.05, 0) is 41.4 Å². The van der Waals surface area contributed by atoms with Crippen molar-refractivity contribution in [3.05, 3.63) is 20.8 Å². The maximum Gasteiger partial charge on any atom is 0.225 e. The molecule has 5 heteroatoms. The van der Waals surface area contributed by atoms with E-state index in [1.807, 2.05) is 19.1 Å². The van der Waals surface area contributed by atoms with Crippen LogP contribution in [0.3, 0.4) is 0 Å². The van der Waals surface area contributed by atoms with Gasteiger partial charge >= 0.3 is 0 Å². The molecule has 0 spiro atoms. The number of ether oxygens (including phenoxy) is 1. The van der Waals surface area contributed by atoms with Crippen molar-refractivity contribution in [2.24, 2.45) is 0 Å². The van der Waals surface area contributed by atoms with Gasteiger partial charge in [-0.15, -0.1) is 11.3 Å². The Hall–Kier alpha value is -0.390. The van der Waals surface area contributed by atoms with Crippen LogP contribution in [0.2, 0.25) is 0 Å². The van der Waals surface area contributed by atoms with E-state index < -0.39 is 0 Å². The summed E-state index contributed by atoms with van der Waals surface area (Å²) < 4.78 is 6.24. The zero-order valence-electron chi connectivity index (χ0n) is 9.29. The maximum atomic E-state index is 11.5. The highest BCUT2D eigenvalue weighted by atomic mass is 79.9. The molecular weight excluding hydrogens is 290 g/mol. The van der Waals surface area contributed by atoms with Crippen molar-refractivity contribution < 1.29 is 9.53 Å². The average molecular weight is 306 g/mol. The van der Waals surface area contributed by atoms with Gasteiger partial charge < -0.3 is 10.1 Å². The molecule has 0 aliphatic carbocycles. The molecule has 0 atom stereocenters. The second-order valence-corrected chi connectivity index (χ2v) is 5.83. The highest BCUT2D eigenvalue weighted by Crippen LogP contribution is 2.22. The van der Waals surface area contributed by atoms with Gasteiger partial charge in [-0.3, -0.25) is 4.79 Å². The Bertz CT molecular complexity index is 328. The average Bonchev–Trinajstić information content (AvgIpc) is 2.63. The summed E-state index contributed by atoms with van der Waals surface area (Å²) in [7, 11) is 0. The van der Waals surface area contributed by atoms with E-state index >= 15 is 0 Å². The van der Waals surface area contributed by atoms with E-state index in [4.69, 9.17) is 4.74 Å². The van der Waals surface area contributed by atoms with Gasteiger partial charge in [0.1, 0.15) is 0 Å². The van der Waals surface area contributed by atoms with Crippen LogP contribution in [-0.4, -0.2) is 25.7 Å². The Morgan fingerprint density at radius 3 is 3.00 bits per heavy atom. The largest absolute Gasteiger partial charge is 0.382 e. The Kier molecular flexibility index (Phi) is 6.68. The normalized spacial score (nSPS) is 10.4. The van der Waals surface area contributed by atoms with Crippen LogP contribution >= 0.6 is 27.3 Å². The van der Waals surface area contributed by atoms with E-state index in [1.165, 1.54) is 0 Å². The number of halogens is 1. The van der Waals surface area contributed by atoms with Crippen molar-refractivity contribution in [2.45, 2.75) is 19.8 Å². The van der Waals surface area contributed by atoms with Crippen molar-refractivity contribution in [1.29, 1.82) is 0 Å². The van der Waals surface area contributed by atoms with Crippen LogP contribution in [0.25, 0.3) is 0 Å². The fraction of sp³-hybridized carbons (Fsp3) is 0.545. The summed E-state index contributed by atoms with van der Waals surface area (Å²) in [6.45, 7) is 4.09. The van der Waals surface area contributed by atoms with Crippen LogP contribution in [-0.2, 0) is 16.0 Å². The summed E-state index contributed by atoms with van der Waals surface area (Å²) in [5, 5.41) is 2.87. The van der Waals surface area contributed by atoms with Gasteiger partial charge in [-0.25, -0.2) is 0 Å². The van der Waals surface area contributed by atoms with Crippen LogP contribution in [0, 0.1) is 0 Å². The third-order valence-corrected chi connectivity index (χ3v) is 3.58. The minimum atomic E-state index is 0.0749. The first-order valence-corrected chi connectivity index (χ1v) is 6.92. The molecule has 0 saturated heterocycles. The highest BCUT2D eigenvalue weighted by molar-refractivity contribution is 9.11. The van der Waals surface area contributed by atoms with Gasteiger partial charge in [0.25, 0.3) is 0 Å². The molecule has 3 nitrogen and oxygen atoms in total. The van der Waals surface area contributed by atoms with Crippen LogP contribution in [0.1, 0.15) is 18.2 Å². The van der Waals surface area contributed by atoms with Crippen molar-refractivity contribution in [2.75, 3.05) is 19.8 Å². The third kappa shape index (κ3) is 5.63. The lowest BCUT2D eigenvalue weighted by molar-refractivity contribution is -0.120. The smallest absolute Gasteiger partial charge is 0.225 e. The summed E-state index contributed by atoms with van der Waals surface area (Å²) >= 11 is 4.97. The predicted octanol–water partition coefficient (Wildman–Crippen LogP) is 2.60. The number of carbonyl (C=O) groups is 1. The summed E-state index contributed by atoms with van der Waals surface area (Å²) in [6, 6.07) is 3.93. The zero-order chi connectivity index (χ0) is 11.8. The lowest BCUT2D eigenvalue weighted by atomic mass is 10.3. The molecule has 1 aromatic heterocycles. The molecule has 0 fully saturated rings. The monoisotopic (exact) mass is 305 g/mol. The molecule has 0 saturated carbocycles. The van der Waals surface area contributed by atoms with Crippen molar-refractivity contribution >= 4 is 33.2 Å². The summed E-state index contributed by atoms with van der Waals surface area (Å²) in [6.07, 6.45) is 1.33. The van der Waals surface area contributed by atoms with Gasteiger partial charge in [0.2, 0.25) is 5.91 Å². The summed E-state index contributed by atoms with van der Waals surface area (Å²) in [5.74, 6) is 0.0749. The fourth-order valence-corrected chi connectivity index (χ4v) is 2.70. The van der Waals surface area contributed by atoms with Crippen LogP contribution < -0.4 is 5.32 Å². The minimum absolute atomic E-state index is 0.0749. The first-order chi connectivity index (χ1) is 7.72. The first kappa shape index (κ1) is 13.7. The topological polar surface area (TPSA) is 38.3 Å². The molecule has 0 aromatic carbocycles. The second-order valence-electron chi connectivity index (χ2n) is 3.28. The van der Waals surface area contributed by atoms with Crippen LogP contribution in [0.4, 0.5) is 0 Å². The van der Waals surface area contributed by atoms with Crippen molar-refractivity contribution in [3.63, 3.8) is 0 Å². The quantitative estimate of drug-likeness (QED) is 0.786. The van der Waals surface area contributed by atoms with E-state index in [0.717, 1.165) is 21.7 Å². The number of thiophene rings is 1. The van der Waals surface area contributed by atoms with Gasteiger partial charge in [0, 0.05) is 24.6 Å². The number of hydrogen-bond donors (Lipinski definition) is 1. The van der Waals surface area contributed by atoms with Gasteiger partial charge in [0.15, 0.2) is 0 Å². The molecule has 1 aromatic rings. The van der Waals surface area contributed by atoms with Crippen LogP contribution in [0.5, 0.6) is 0 Å². The number of amides is 1. The molecule has 0 unspecified atom stereocenters. The molecule has 1 heterocycles. The van der Waals surface area contributed by atoms with E-state index in [2.05, 4.69) is 21.2 Å².